The van der Waals surface area contributed by atoms with Gasteiger partial charge in [-0.15, -0.1) is 11.3 Å². The molecule has 3 heterocycles. The number of nitrogens with zero attached hydrogens (tertiary/aromatic N) is 4. The van der Waals surface area contributed by atoms with Gasteiger partial charge in [0.1, 0.15) is 0 Å². The normalized spacial score (nSPS) is 11.0. The molecule has 25 heavy (non-hydrogen) atoms. The standard InChI is InChI=1S/C18H17N5OS/c24-17(12-15-13-22-10-11-25-18(22)21-15)19-8-6-14-2-4-16(5-3-14)23-9-1-7-20-23/h1-5,7,9-11,13H,6,8,12H2,(H,19,24). The van der Waals surface area contributed by atoms with E-state index >= 15 is 0 Å². The molecule has 126 valence electrons. The van der Waals surface area contributed by atoms with E-state index in [1.54, 1.807) is 17.5 Å². The van der Waals surface area contributed by atoms with E-state index in [-0.39, 0.29) is 5.91 Å². The summed E-state index contributed by atoms with van der Waals surface area (Å²) in [5.41, 5.74) is 3.00. The summed E-state index contributed by atoms with van der Waals surface area (Å²) >= 11 is 1.56. The Morgan fingerprint density at radius 1 is 1.20 bits per heavy atom. The van der Waals surface area contributed by atoms with E-state index in [0.29, 0.717) is 13.0 Å². The fourth-order valence-corrected chi connectivity index (χ4v) is 3.39. The predicted octanol–water partition coefficient (Wildman–Crippen LogP) is 2.48. The molecule has 3 aromatic heterocycles. The zero-order valence-electron chi connectivity index (χ0n) is 13.5. The highest BCUT2D eigenvalue weighted by atomic mass is 32.1. The molecule has 0 radical (unpaired) electrons. The van der Waals surface area contributed by atoms with Crippen molar-refractivity contribution in [2.75, 3.05) is 6.54 Å². The summed E-state index contributed by atoms with van der Waals surface area (Å²) in [5, 5.41) is 9.14. The molecule has 0 unspecified atom stereocenters. The molecular formula is C18H17N5OS. The molecule has 0 bridgehead atoms. The number of aromatic nitrogens is 4. The van der Waals surface area contributed by atoms with Crippen LogP contribution in [0.15, 0.2) is 60.5 Å². The zero-order valence-corrected chi connectivity index (χ0v) is 14.3. The number of thiazole rings is 1. The second kappa shape index (κ2) is 6.90. The molecule has 1 N–H and O–H groups in total. The van der Waals surface area contributed by atoms with Crippen molar-refractivity contribution in [1.29, 1.82) is 0 Å². The number of carbonyl (C=O) groups excluding carboxylic acids is 1. The summed E-state index contributed by atoms with van der Waals surface area (Å²) in [5.74, 6) is -0.00101. The maximum atomic E-state index is 12.0. The van der Waals surface area contributed by atoms with Crippen molar-refractivity contribution in [3.63, 3.8) is 0 Å². The van der Waals surface area contributed by atoms with Crippen LogP contribution in [0.4, 0.5) is 0 Å². The van der Waals surface area contributed by atoms with Crippen LogP contribution in [0, 0.1) is 0 Å². The zero-order chi connectivity index (χ0) is 17.1. The number of hydrogen-bond acceptors (Lipinski definition) is 4. The number of hydrogen-bond donors (Lipinski definition) is 1. The molecule has 4 rings (SSSR count). The largest absolute Gasteiger partial charge is 0.355 e. The number of fused-ring (bicyclic) bond motifs is 1. The fraction of sp³-hybridized carbons (Fsp3) is 0.167. The van der Waals surface area contributed by atoms with Gasteiger partial charge in [0.15, 0.2) is 4.96 Å². The first-order chi connectivity index (χ1) is 12.3. The smallest absolute Gasteiger partial charge is 0.226 e. The fourth-order valence-electron chi connectivity index (χ4n) is 2.67. The third-order valence-electron chi connectivity index (χ3n) is 3.93. The summed E-state index contributed by atoms with van der Waals surface area (Å²) in [7, 11) is 0. The summed E-state index contributed by atoms with van der Waals surface area (Å²) in [6.45, 7) is 0.613. The molecule has 6 nitrogen and oxygen atoms in total. The van der Waals surface area contributed by atoms with Crippen LogP contribution >= 0.6 is 11.3 Å². The lowest BCUT2D eigenvalue weighted by Crippen LogP contribution is -2.27. The quantitative estimate of drug-likeness (QED) is 0.580. The van der Waals surface area contributed by atoms with Gasteiger partial charge in [-0.1, -0.05) is 12.1 Å². The average molecular weight is 351 g/mol. The van der Waals surface area contributed by atoms with Gasteiger partial charge in [-0.25, -0.2) is 9.67 Å². The second-order valence-electron chi connectivity index (χ2n) is 5.72. The summed E-state index contributed by atoms with van der Waals surface area (Å²) in [4.78, 5) is 17.4. The predicted molar refractivity (Wildman–Crippen MR) is 97.1 cm³/mol. The molecule has 0 spiro atoms. The van der Waals surface area contributed by atoms with Crippen molar-refractivity contribution in [2.45, 2.75) is 12.8 Å². The molecular weight excluding hydrogens is 334 g/mol. The molecule has 4 aromatic rings. The van der Waals surface area contributed by atoms with Crippen LogP contribution in [0.5, 0.6) is 0 Å². The second-order valence-corrected chi connectivity index (χ2v) is 6.59. The molecule has 0 atom stereocenters. The van der Waals surface area contributed by atoms with Gasteiger partial charge < -0.3 is 5.32 Å². The van der Waals surface area contributed by atoms with Gasteiger partial charge in [0.2, 0.25) is 5.91 Å². The number of rotatable bonds is 6. The number of imidazole rings is 1. The highest BCUT2D eigenvalue weighted by Crippen LogP contribution is 2.12. The Morgan fingerprint density at radius 3 is 2.84 bits per heavy atom. The van der Waals surface area contributed by atoms with Crippen molar-refractivity contribution in [3.05, 3.63) is 71.8 Å². The SMILES string of the molecule is O=C(Cc1cn2ccsc2n1)NCCc1ccc(-n2cccn2)cc1. The molecule has 0 aliphatic carbocycles. The van der Waals surface area contributed by atoms with E-state index in [0.717, 1.165) is 22.8 Å². The van der Waals surface area contributed by atoms with E-state index in [9.17, 15) is 4.79 Å². The van der Waals surface area contributed by atoms with E-state index in [4.69, 9.17) is 0 Å². The maximum absolute atomic E-state index is 12.0. The Bertz CT molecular complexity index is 940. The molecule has 1 aromatic carbocycles. The van der Waals surface area contributed by atoms with E-state index < -0.39 is 0 Å². The highest BCUT2D eigenvalue weighted by molar-refractivity contribution is 7.15. The summed E-state index contributed by atoms with van der Waals surface area (Å²) in [6, 6.07) is 10.1. The van der Waals surface area contributed by atoms with Gasteiger partial charge in [0.25, 0.3) is 0 Å². The molecule has 0 aliphatic heterocycles. The number of nitrogens with one attached hydrogen (secondary N) is 1. The number of amides is 1. The highest BCUT2D eigenvalue weighted by Gasteiger charge is 2.08. The molecule has 0 fully saturated rings. The Kier molecular flexibility index (Phi) is 4.30. The van der Waals surface area contributed by atoms with Gasteiger partial charge in [0, 0.05) is 36.7 Å². The molecule has 0 aliphatic rings. The first kappa shape index (κ1) is 15.6. The Balaban J connectivity index is 1.27. The third kappa shape index (κ3) is 3.61. The molecule has 0 saturated carbocycles. The van der Waals surface area contributed by atoms with Crippen LogP contribution in [0.3, 0.4) is 0 Å². The lowest BCUT2D eigenvalue weighted by atomic mass is 10.1. The van der Waals surface area contributed by atoms with E-state index in [1.807, 2.05) is 51.3 Å². The molecule has 1 amide bonds. The van der Waals surface area contributed by atoms with Crippen molar-refractivity contribution in [2.24, 2.45) is 0 Å². The average Bonchev–Trinajstić information content (AvgIpc) is 3.32. The van der Waals surface area contributed by atoms with E-state index in [1.165, 1.54) is 5.56 Å². The van der Waals surface area contributed by atoms with Gasteiger partial charge in [-0.05, 0) is 30.2 Å². The van der Waals surface area contributed by atoms with Gasteiger partial charge in [-0.3, -0.25) is 9.20 Å². The third-order valence-corrected chi connectivity index (χ3v) is 4.70. The summed E-state index contributed by atoms with van der Waals surface area (Å²) in [6.07, 6.45) is 8.62. The van der Waals surface area contributed by atoms with Crippen molar-refractivity contribution < 1.29 is 4.79 Å². The molecule has 0 saturated heterocycles. The van der Waals surface area contributed by atoms with E-state index in [2.05, 4.69) is 27.5 Å². The topological polar surface area (TPSA) is 64.2 Å². The number of benzene rings is 1. The van der Waals surface area contributed by atoms with Crippen LogP contribution in [-0.2, 0) is 17.6 Å². The maximum Gasteiger partial charge on any atom is 0.226 e. The minimum Gasteiger partial charge on any atom is -0.355 e. The van der Waals surface area contributed by atoms with Crippen LogP contribution in [0.2, 0.25) is 0 Å². The van der Waals surface area contributed by atoms with Crippen molar-refractivity contribution in [1.82, 2.24) is 24.5 Å². The van der Waals surface area contributed by atoms with Crippen LogP contribution in [-0.4, -0.2) is 31.6 Å². The minimum atomic E-state index is -0.00101. The Morgan fingerprint density at radius 2 is 2.08 bits per heavy atom. The van der Waals surface area contributed by atoms with Crippen molar-refractivity contribution in [3.8, 4) is 5.69 Å². The van der Waals surface area contributed by atoms with Crippen LogP contribution < -0.4 is 5.32 Å². The summed E-state index contributed by atoms with van der Waals surface area (Å²) < 4.78 is 3.76. The van der Waals surface area contributed by atoms with Crippen LogP contribution in [0.1, 0.15) is 11.3 Å². The van der Waals surface area contributed by atoms with Gasteiger partial charge in [-0.2, -0.15) is 5.10 Å². The minimum absolute atomic E-state index is 0.00101. The van der Waals surface area contributed by atoms with Gasteiger partial charge >= 0.3 is 0 Å². The van der Waals surface area contributed by atoms with Crippen LogP contribution in [0.25, 0.3) is 10.6 Å². The van der Waals surface area contributed by atoms with Gasteiger partial charge in [0.05, 0.1) is 17.8 Å². The first-order valence-electron chi connectivity index (χ1n) is 8.05. The van der Waals surface area contributed by atoms with Crippen molar-refractivity contribution >= 4 is 22.2 Å². The Hall–Kier alpha value is -2.93. The monoisotopic (exact) mass is 351 g/mol. The molecule has 7 heteroatoms. The first-order valence-corrected chi connectivity index (χ1v) is 8.93. The lowest BCUT2D eigenvalue weighted by molar-refractivity contribution is -0.120. The Labute approximate surface area is 148 Å². The number of carbonyl (C=O) groups is 1. The lowest BCUT2D eigenvalue weighted by Gasteiger charge is -2.06.